The van der Waals surface area contributed by atoms with Gasteiger partial charge in [0, 0.05) is 25.3 Å². The highest BCUT2D eigenvalue weighted by molar-refractivity contribution is 9.11. The monoisotopic (exact) mass is 408 g/mol. The van der Waals surface area contributed by atoms with Crippen LogP contribution in [0, 0.1) is 0 Å². The average Bonchev–Trinajstić information content (AvgIpc) is 2.92. The van der Waals surface area contributed by atoms with Gasteiger partial charge in [-0.1, -0.05) is 12.1 Å². The molecule has 0 saturated carbocycles. The molecule has 0 aliphatic carbocycles. The van der Waals surface area contributed by atoms with Gasteiger partial charge in [-0.3, -0.25) is 9.69 Å². The van der Waals surface area contributed by atoms with Gasteiger partial charge >= 0.3 is 0 Å². The molecule has 2 aromatic rings. The molecule has 24 heavy (non-hydrogen) atoms. The first-order chi connectivity index (χ1) is 11.3. The third kappa shape index (κ3) is 4.25. The van der Waals surface area contributed by atoms with Crippen molar-refractivity contribution in [2.75, 3.05) is 18.4 Å². The number of nitrogens with zero attached hydrogens (tertiary/aromatic N) is 1. The largest absolute Gasteiger partial charge is 0.389 e. The number of carbonyl (C=O) groups excluding carboxylic acids is 1. The van der Waals surface area contributed by atoms with Crippen molar-refractivity contribution in [2.45, 2.75) is 32.4 Å². The zero-order valence-electron chi connectivity index (χ0n) is 13.8. The number of fused-ring (bicyclic) bond motifs is 1. The van der Waals surface area contributed by atoms with E-state index in [1.807, 2.05) is 38.1 Å². The van der Waals surface area contributed by atoms with Gasteiger partial charge in [-0.2, -0.15) is 0 Å². The normalized spacial score (nSPS) is 15.2. The summed E-state index contributed by atoms with van der Waals surface area (Å²) < 4.78 is 0.949. The number of benzene rings is 1. The molecule has 3 rings (SSSR count). The number of carbonyl (C=O) groups is 1. The van der Waals surface area contributed by atoms with E-state index in [-0.39, 0.29) is 5.91 Å². The lowest BCUT2D eigenvalue weighted by molar-refractivity contribution is 0.0318. The number of hydrogen-bond donors (Lipinski definition) is 2. The van der Waals surface area contributed by atoms with Crippen LogP contribution >= 0.6 is 27.3 Å². The lowest BCUT2D eigenvalue weighted by Gasteiger charge is -2.33. The molecule has 0 bridgehead atoms. The predicted molar refractivity (Wildman–Crippen MR) is 102 cm³/mol. The Bertz CT molecular complexity index is 752. The van der Waals surface area contributed by atoms with Crippen molar-refractivity contribution in [3.8, 4) is 0 Å². The lowest BCUT2D eigenvalue weighted by Crippen LogP contribution is -2.41. The summed E-state index contributed by atoms with van der Waals surface area (Å²) >= 11 is 4.82. The SMILES string of the molecule is CC(C)(O)CN1CCc2c(cccc2NC(=O)c2ccc(Br)s2)C1. The smallest absolute Gasteiger partial charge is 0.265 e. The van der Waals surface area contributed by atoms with Crippen LogP contribution in [0.15, 0.2) is 34.1 Å². The van der Waals surface area contributed by atoms with E-state index in [2.05, 4.69) is 32.2 Å². The standard InChI is InChI=1S/C18H21BrN2O2S/c1-18(2,23)11-21-9-8-13-12(10-21)4-3-5-14(13)20-17(22)15-6-7-16(19)24-15/h3-7,23H,8-11H2,1-2H3,(H,20,22). The summed E-state index contributed by atoms with van der Waals surface area (Å²) in [6, 6.07) is 9.75. The van der Waals surface area contributed by atoms with Crippen molar-refractivity contribution in [2.24, 2.45) is 0 Å². The Morgan fingerprint density at radius 1 is 1.38 bits per heavy atom. The van der Waals surface area contributed by atoms with Crippen LogP contribution in [0.25, 0.3) is 0 Å². The molecular weight excluding hydrogens is 388 g/mol. The summed E-state index contributed by atoms with van der Waals surface area (Å²) in [5, 5.41) is 13.1. The van der Waals surface area contributed by atoms with Crippen LogP contribution in [0.5, 0.6) is 0 Å². The van der Waals surface area contributed by atoms with E-state index in [0.29, 0.717) is 11.4 Å². The van der Waals surface area contributed by atoms with Gasteiger partial charge in [0.05, 0.1) is 14.3 Å². The Morgan fingerprint density at radius 2 is 2.17 bits per heavy atom. The van der Waals surface area contributed by atoms with Gasteiger partial charge in [0.15, 0.2) is 0 Å². The summed E-state index contributed by atoms with van der Waals surface area (Å²) in [6.07, 6.45) is 0.871. The summed E-state index contributed by atoms with van der Waals surface area (Å²) in [5.41, 5.74) is 2.62. The Kier molecular flexibility index (Phi) is 5.11. The first kappa shape index (κ1) is 17.6. The van der Waals surface area contributed by atoms with Gasteiger partial charge in [-0.25, -0.2) is 0 Å². The highest BCUT2D eigenvalue weighted by atomic mass is 79.9. The average molecular weight is 409 g/mol. The number of rotatable bonds is 4. The topological polar surface area (TPSA) is 52.6 Å². The van der Waals surface area contributed by atoms with Crippen LogP contribution in [0.4, 0.5) is 5.69 Å². The minimum Gasteiger partial charge on any atom is -0.389 e. The Hall–Kier alpha value is -1.21. The van der Waals surface area contributed by atoms with Crippen LogP contribution in [0.3, 0.4) is 0 Å². The van der Waals surface area contributed by atoms with Crippen molar-refractivity contribution >= 4 is 38.9 Å². The molecule has 1 amide bonds. The molecule has 4 nitrogen and oxygen atoms in total. The molecule has 1 aliphatic rings. The number of halogens is 1. The van der Waals surface area contributed by atoms with E-state index in [1.165, 1.54) is 22.5 Å². The first-order valence-corrected chi connectivity index (χ1v) is 9.55. The second-order valence-corrected chi connectivity index (χ2v) is 9.24. The number of hydrogen-bond acceptors (Lipinski definition) is 4. The number of aliphatic hydroxyl groups is 1. The predicted octanol–water partition coefficient (Wildman–Crippen LogP) is 3.89. The third-order valence-corrected chi connectivity index (χ3v) is 5.62. The fourth-order valence-corrected chi connectivity index (χ4v) is 4.37. The van der Waals surface area contributed by atoms with Gasteiger partial charge in [0.25, 0.3) is 5.91 Å². The highest BCUT2D eigenvalue weighted by Gasteiger charge is 2.24. The maximum atomic E-state index is 12.4. The zero-order chi connectivity index (χ0) is 17.3. The summed E-state index contributed by atoms with van der Waals surface area (Å²) in [6.45, 7) is 5.99. The molecule has 1 aromatic heterocycles. The lowest BCUT2D eigenvalue weighted by atomic mass is 9.96. The molecule has 6 heteroatoms. The molecule has 0 atom stereocenters. The number of amides is 1. The van der Waals surface area contributed by atoms with E-state index in [9.17, 15) is 9.90 Å². The first-order valence-electron chi connectivity index (χ1n) is 7.94. The second-order valence-electron chi connectivity index (χ2n) is 6.77. The van der Waals surface area contributed by atoms with Crippen molar-refractivity contribution in [3.05, 3.63) is 50.1 Å². The molecule has 0 fully saturated rings. The number of nitrogens with one attached hydrogen (secondary N) is 1. The molecule has 0 radical (unpaired) electrons. The Balaban J connectivity index is 1.76. The maximum absolute atomic E-state index is 12.4. The van der Waals surface area contributed by atoms with Gasteiger partial charge in [0.2, 0.25) is 0 Å². The van der Waals surface area contributed by atoms with Gasteiger partial charge in [0.1, 0.15) is 0 Å². The van der Waals surface area contributed by atoms with Crippen molar-refractivity contribution < 1.29 is 9.90 Å². The Labute approximate surface area is 154 Å². The zero-order valence-corrected chi connectivity index (χ0v) is 16.2. The second kappa shape index (κ2) is 6.96. The molecule has 128 valence electrons. The number of anilines is 1. The van der Waals surface area contributed by atoms with Crippen LogP contribution < -0.4 is 5.32 Å². The van der Waals surface area contributed by atoms with Gasteiger partial charge < -0.3 is 10.4 Å². The highest BCUT2D eigenvalue weighted by Crippen LogP contribution is 2.28. The van der Waals surface area contributed by atoms with E-state index >= 15 is 0 Å². The molecule has 1 aliphatic heterocycles. The maximum Gasteiger partial charge on any atom is 0.265 e. The quantitative estimate of drug-likeness (QED) is 0.806. The minimum atomic E-state index is -0.699. The Morgan fingerprint density at radius 3 is 2.83 bits per heavy atom. The fourth-order valence-electron chi connectivity index (χ4n) is 3.09. The number of thiophene rings is 1. The van der Waals surface area contributed by atoms with Crippen LogP contribution in [0.2, 0.25) is 0 Å². The molecule has 2 N–H and O–H groups in total. The van der Waals surface area contributed by atoms with Crippen LogP contribution in [-0.2, 0) is 13.0 Å². The molecule has 2 heterocycles. The van der Waals surface area contributed by atoms with E-state index < -0.39 is 5.60 Å². The van der Waals surface area contributed by atoms with Gasteiger partial charge in [-0.15, -0.1) is 11.3 Å². The fraction of sp³-hybridized carbons (Fsp3) is 0.389. The molecule has 1 aromatic carbocycles. The van der Waals surface area contributed by atoms with Crippen molar-refractivity contribution in [3.63, 3.8) is 0 Å². The summed E-state index contributed by atoms with van der Waals surface area (Å²) in [4.78, 5) is 15.3. The summed E-state index contributed by atoms with van der Waals surface area (Å²) in [7, 11) is 0. The molecular formula is C18H21BrN2O2S. The van der Waals surface area contributed by atoms with E-state index in [4.69, 9.17) is 0 Å². The summed E-state index contributed by atoms with van der Waals surface area (Å²) in [5.74, 6) is -0.0713. The minimum absolute atomic E-state index is 0.0713. The molecule has 0 unspecified atom stereocenters. The van der Waals surface area contributed by atoms with Gasteiger partial charge in [-0.05, 0) is 65.5 Å². The van der Waals surface area contributed by atoms with Crippen molar-refractivity contribution in [1.29, 1.82) is 0 Å². The van der Waals surface area contributed by atoms with Crippen LogP contribution in [0.1, 0.15) is 34.6 Å². The third-order valence-electron chi connectivity index (χ3n) is 4.00. The van der Waals surface area contributed by atoms with E-state index in [0.717, 1.165) is 29.0 Å². The molecule has 0 saturated heterocycles. The van der Waals surface area contributed by atoms with Crippen LogP contribution in [-0.4, -0.2) is 34.6 Å². The molecule has 0 spiro atoms. The van der Waals surface area contributed by atoms with E-state index in [1.54, 1.807) is 0 Å². The number of β-amino-alcohol motifs (C(OH)–C–C–N with tert-alkyl or cyclic N) is 1. The van der Waals surface area contributed by atoms with Crippen molar-refractivity contribution in [1.82, 2.24) is 4.90 Å².